The van der Waals surface area contributed by atoms with Crippen LogP contribution in [0.15, 0.2) is 0 Å². The number of carbonyl (C=O) groups is 2. The fourth-order valence-corrected chi connectivity index (χ4v) is 1.27. The lowest BCUT2D eigenvalue weighted by Crippen LogP contribution is -2.44. The van der Waals surface area contributed by atoms with Gasteiger partial charge in [0, 0.05) is 11.3 Å². The van der Waals surface area contributed by atoms with Crippen LogP contribution in [-0.2, 0) is 14.3 Å². The van der Waals surface area contributed by atoms with E-state index < -0.39 is 28.6 Å². The predicted molar refractivity (Wildman–Crippen MR) is 66.3 cm³/mol. The smallest absolute Gasteiger partial charge is 0.408 e. The van der Waals surface area contributed by atoms with E-state index in [0.717, 1.165) is 0 Å². The zero-order valence-electron chi connectivity index (χ0n) is 11.6. The zero-order chi connectivity index (χ0) is 15.1. The van der Waals surface area contributed by atoms with Crippen molar-refractivity contribution in [1.82, 2.24) is 5.32 Å². The number of nitrogens with one attached hydrogen (secondary N) is 1. The molecule has 0 unspecified atom stereocenters. The maximum atomic E-state index is 11.5. The Morgan fingerprint density at radius 1 is 1.37 bits per heavy atom. The van der Waals surface area contributed by atoms with E-state index in [1.54, 1.807) is 20.8 Å². The highest BCUT2D eigenvalue weighted by atomic mass is 16.6. The van der Waals surface area contributed by atoms with Crippen LogP contribution < -0.4 is 5.32 Å². The molecule has 0 fully saturated rings. The molecule has 0 aliphatic rings. The quantitative estimate of drug-likeness (QED) is 0.442. The fraction of sp³-hybridized carbons (Fsp3) is 0.818. The minimum atomic E-state index is -0.945. The highest BCUT2D eigenvalue weighted by Gasteiger charge is 2.25. The van der Waals surface area contributed by atoms with Gasteiger partial charge in [0.15, 0.2) is 0 Å². The lowest BCUT2D eigenvalue weighted by Gasteiger charge is -2.22. The number of esters is 1. The van der Waals surface area contributed by atoms with Crippen molar-refractivity contribution in [3.63, 3.8) is 0 Å². The topological polar surface area (TPSA) is 108 Å². The van der Waals surface area contributed by atoms with Gasteiger partial charge in [-0.05, 0) is 27.2 Å². The number of methoxy groups -OCH3 is 1. The second-order valence-corrected chi connectivity index (χ2v) is 4.92. The van der Waals surface area contributed by atoms with E-state index >= 15 is 0 Å². The zero-order valence-corrected chi connectivity index (χ0v) is 11.6. The van der Waals surface area contributed by atoms with Gasteiger partial charge in [-0.25, -0.2) is 9.59 Å². The van der Waals surface area contributed by atoms with Gasteiger partial charge in [-0.15, -0.1) is 0 Å². The minimum absolute atomic E-state index is 0.118. The molecule has 110 valence electrons. The third-order valence-electron chi connectivity index (χ3n) is 2.01. The van der Waals surface area contributed by atoms with E-state index in [4.69, 9.17) is 4.74 Å². The average molecular weight is 276 g/mol. The Kier molecular flexibility index (Phi) is 6.81. The number of ether oxygens (including phenoxy) is 2. The third-order valence-corrected chi connectivity index (χ3v) is 2.01. The first-order valence-corrected chi connectivity index (χ1v) is 5.85. The van der Waals surface area contributed by atoms with Crippen molar-refractivity contribution in [2.24, 2.45) is 0 Å². The van der Waals surface area contributed by atoms with Gasteiger partial charge in [0.25, 0.3) is 0 Å². The molecule has 19 heavy (non-hydrogen) atoms. The number of alkyl carbamates (subject to hydrolysis) is 1. The fourth-order valence-electron chi connectivity index (χ4n) is 1.27. The molecule has 0 aromatic carbocycles. The van der Waals surface area contributed by atoms with E-state index in [9.17, 15) is 19.7 Å². The van der Waals surface area contributed by atoms with Gasteiger partial charge in [0.05, 0.1) is 7.11 Å². The molecular weight excluding hydrogens is 256 g/mol. The van der Waals surface area contributed by atoms with Crippen LogP contribution in [0.5, 0.6) is 0 Å². The molecule has 0 aromatic heterocycles. The second-order valence-electron chi connectivity index (χ2n) is 4.92. The van der Waals surface area contributed by atoms with Gasteiger partial charge in [-0.1, -0.05) is 0 Å². The van der Waals surface area contributed by atoms with Crippen LogP contribution in [0.2, 0.25) is 0 Å². The normalized spacial score (nSPS) is 12.4. The summed E-state index contributed by atoms with van der Waals surface area (Å²) < 4.78 is 9.52. The Bertz CT molecular complexity index is 337. The molecule has 0 aliphatic heterocycles. The Morgan fingerprint density at radius 2 is 1.95 bits per heavy atom. The van der Waals surface area contributed by atoms with Gasteiger partial charge in [-0.2, -0.15) is 0 Å². The summed E-state index contributed by atoms with van der Waals surface area (Å²) in [6.07, 6.45) is -0.487. The summed E-state index contributed by atoms with van der Waals surface area (Å²) in [4.78, 5) is 32.7. The van der Waals surface area contributed by atoms with Crippen LogP contribution in [0, 0.1) is 10.1 Å². The van der Waals surface area contributed by atoms with Crippen molar-refractivity contribution in [1.29, 1.82) is 0 Å². The van der Waals surface area contributed by atoms with Gasteiger partial charge in [0.2, 0.25) is 6.54 Å². The van der Waals surface area contributed by atoms with Crippen molar-refractivity contribution in [3.05, 3.63) is 10.1 Å². The van der Waals surface area contributed by atoms with E-state index in [1.165, 1.54) is 7.11 Å². The highest BCUT2D eigenvalue weighted by Crippen LogP contribution is 2.08. The summed E-state index contributed by atoms with van der Waals surface area (Å²) >= 11 is 0. The monoisotopic (exact) mass is 276 g/mol. The van der Waals surface area contributed by atoms with E-state index in [-0.39, 0.29) is 19.4 Å². The van der Waals surface area contributed by atoms with Gasteiger partial charge in [0.1, 0.15) is 11.6 Å². The molecule has 0 saturated heterocycles. The number of nitro groups is 1. The van der Waals surface area contributed by atoms with Crippen LogP contribution in [0.4, 0.5) is 4.79 Å². The summed E-state index contributed by atoms with van der Waals surface area (Å²) in [5.74, 6) is -0.658. The van der Waals surface area contributed by atoms with Gasteiger partial charge >= 0.3 is 12.1 Å². The number of rotatable bonds is 6. The molecule has 0 aromatic rings. The van der Waals surface area contributed by atoms with Crippen LogP contribution in [0.3, 0.4) is 0 Å². The number of nitrogens with zero attached hydrogens (tertiary/aromatic N) is 1. The summed E-state index contributed by atoms with van der Waals surface area (Å²) in [6.45, 7) is 4.79. The third kappa shape index (κ3) is 8.81. The predicted octanol–water partition coefficient (Wildman–Crippen LogP) is 1.11. The van der Waals surface area contributed by atoms with E-state index in [1.807, 2.05) is 0 Å². The molecule has 0 heterocycles. The largest absolute Gasteiger partial charge is 0.467 e. The second kappa shape index (κ2) is 7.55. The minimum Gasteiger partial charge on any atom is -0.467 e. The molecule has 0 bridgehead atoms. The first kappa shape index (κ1) is 17.1. The van der Waals surface area contributed by atoms with Crippen LogP contribution >= 0.6 is 0 Å². The maximum Gasteiger partial charge on any atom is 0.408 e. The highest BCUT2D eigenvalue weighted by molar-refractivity contribution is 5.81. The first-order valence-electron chi connectivity index (χ1n) is 5.85. The lowest BCUT2D eigenvalue weighted by atomic mass is 10.1. The molecule has 0 spiro atoms. The molecule has 1 atom stereocenters. The van der Waals surface area contributed by atoms with E-state index in [0.29, 0.717) is 0 Å². The summed E-state index contributed by atoms with van der Waals surface area (Å²) in [5.41, 5.74) is -0.689. The number of hydrogen-bond donors (Lipinski definition) is 1. The van der Waals surface area contributed by atoms with Crippen LogP contribution in [0.1, 0.15) is 33.6 Å². The molecule has 8 nitrogen and oxygen atoms in total. The molecule has 0 rings (SSSR count). The summed E-state index contributed by atoms with van der Waals surface area (Å²) in [5, 5.41) is 12.5. The Labute approximate surface area is 111 Å². The molecule has 1 N–H and O–H groups in total. The molecular formula is C11H20N2O6. The molecule has 0 radical (unpaired) electrons. The SMILES string of the molecule is COC(=O)[C@H](CCC[N+](=O)[O-])NC(=O)OC(C)(C)C. The molecule has 0 aliphatic carbocycles. The van der Waals surface area contributed by atoms with Crippen molar-refractivity contribution >= 4 is 12.1 Å². The van der Waals surface area contributed by atoms with Crippen molar-refractivity contribution in [2.45, 2.75) is 45.3 Å². The lowest BCUT2D eigenvalue weighted by molar-refractivity contribution is -0.480. The van der Waals surface area contributed by atoms with Crippen molar-refractivity contribution < 1.29 is 24.0 Å². The number of amides is 1. The maximum absolute atomic E-state index is 11.5. The molecule has 0 saturated carbocycles. The first-order chi connectivity index (χ1) is 8.65. The standard InChI is InChI=1S/C11H20N2O6/c1-11(2,3)19-10(15)12-8(9(14)18-4)6-5-7-13(16)17/h8H,5-7H2,1-4H3,(H,12,15)/t8-/m0/s1. The van der Waals surface area contributed by atoms with E-state index in [2.05, 4.69) is 10.1 Å². The summed E-state index contributed by atoms with van der Waals surface area (Å²) in [7, 11) is 1.18. The van der Waals surface area contributed by atoms with Gasteiger partial charge in [-0.3, -0.25) is 10.1 Å². The number of hydrogen-bond acceptors (Lipinski definition) is 6. The summed E-state index contributed by atoms with van der Waals surface area (Å²) in [6, 6.07) is -0.945. The number of carbonyl (C=O) groups excluding carboxylic acids is 2. The van der Waals surface area contributed by atoms with Crippen molar-refractivity contribution in [2.75, 3.05) is 13.7 Å². The average Bonchev–Trinajstić information content (AvgIpc) is 2.23. The van der Waals surface area contributed by atoms with Gasteiger partial charge < -0.3 is 14.8 Å². The van der Waals surface area contributed by atoms with Crippen LogP contribution in [0.25, 0.3) is 0 Å². The van der Waals surface area contributed by atoms with Crippen LogP contribution in [-0.4, -0.2) is 42.3 Å². The Morgan fingerprint density at radius 3 is 2.37 bits per heavy atom. The molecule has 1 amide bonds. The molecule has 8 heteroatoms. The van der Waals surface area contributed by atoms with Crippen molar-refractivity contribution in [3.8, 4) is 0 Å². The Hall–Kier alpha value is -1.86. The Balaban J connectivity index is 4.39.